The van der Waals surface area contributed by atoms with E-state index < -0.39 is 17.7 Å². The van der Waals surface area contributed by atoms with Gasteiger partial charge in [-0.25, -0.2) is 5.48 Å². The first-order chi connectivity index (χ1) is 15.1. The van der Waals surface area contributed by atoms with Crippen molar-refractivity contribution < 1.29 is 24.3 Å². The van der Waals surface area contributed by atoms with Crippen LogP contribution in [0.4, 0.5) is 0 Å². The van der Waals surface area contributed by atoms with Gasteiger partial charge in [-0.05, 0) is 42.5 Å². The summed E-state index contributed by atoms with van der Waals surface area (Å²) in [6.07, 6.45) is 2.99. The van der Waals surface area contributed by atoms with Crippen LogP contribution in [0.25, 0.3) is 0 Å². The molecular weight excluding hydrogens is 396 g/mol. The Bertz CT molecular complexity index is 835. The standard InChI is InChI=1S/C24H30N2O5/c1-30-20-12-10-19(11-13-20)22(24(28)26-14-6-3-7-15-26)21(23(27)25-29)17-31-16-18-8-4-2-5-9-18/h2,4-5,8-13,21-22,29H,3,6-7,14-17H2,1H3,(H,25,27)/t21-,22+/m0/s1. The van der Waals surface area contributed by atoms with Crippen LogP contribution in [-0.2, 0) is 20.9 Å². The highest BCUT2D eigenvalue weighted by molar-refractivity contribution is 5.91. The van der Waals surface area contributed by atoms with E-state index in [4.69, 9.17) is 9.47 Å². The Labute approximate surface area is 182 Å². The van der Waals surface area contributed by atoms with Crippen LogP contribution >= 0.6 is 0 Å². The summed E-state index contributed by atoms with van der Waals surface area (Å²) < 4.78 is 11.1. The molecule has 1 fully saturated rings. The van der Waals surface area contributed by atoms with Gasteiger partial charge in [-0.2, -0.15) is 0 Å². The van der Waals surface area contributed by atoms with Gasteiger partial charge >= 0.3 is 0 Å². The maximum Gasteiger partial charge on any atom is 0.249 e. The lowest BCUT2D eigenvalue weighted by Gasteiger charge is -2.33. The second kappa shape index (κ2) is 11.5. The zero-order chi connectivity index (χ0) is 22.1. The summed E-state index contributed by atoms with van der Waals surface area (Å²) in [5.41, 5.74) is 3.38. The van der Waals surface area contributed by atoms with Gasteiger partial charge in [0.15, 0.2) is 0 Å². The molecular formula is C24H30N2O5. The maximum atomic E-state index is 13.5. The van der Waals surface area contributed by atoms with E-state index in [-0.39, 0.29) is 12.5 Å². The summed E-state index contributed by atoms with van der Waals surface area (Å²) in [5, 5.41) is 9.39. The maximum absolute atomic E-state index is 13.5. The molecule has 3 rings (SSSR count). The number of carbonyl (C=O) groups excluding carboxylic acids is 2. The molecule has 31 heavy (non-hydrogen) atoms. The number of nitrogens with one attached hydrogen (secondary N) is 1. The molecule has 2 aromatic rings. The molecule has 0 aliphatic carbocycles. The largest absolute Gasteiger partial charge is 0.497 e. The van der Waals surface area contributed by atoms with Gasteiger partial charge in [-0.3, -0.25) is 14.8 Å². The number of hydroxylamine groups is 1. The quantitative estimate of drug-likeness (QED) is 0.475. The Kier molecular flexibility index (Phi) is 8.44. The van der Waals surface area contributed by atoms with Crippen molar-refractivity contribution in [2.45, 2.75) is 31.8 Å². The van der Waals surface area contributed by atoms with Crippen LogP contribution in [0.15, 0.2) is 54.6 Å². The average Bonchev–Trinajstić information content (AvgIpc) is 2.84. The SMILES string of the molecule is COc1ccc([C@@H](C(=O)N2CCCCC2)[C@H](COCc2ccccc2)C(=O)NO)cc1. The molecule has 0 radical (unpaired) electrons. The lowest BCUT2D eigenvalue weighted by Crippen LogP contribution is -2.45. The number of likely N-dealkylation sites (tertiary alicyclic amines) is 1. The molecule has 166 valence electrons. The summed E-state index contributed by atoms with van der Waals surface area (Å²) >= 11 is 0. The Morgan fingerprint density at radius 2 is 1.71 bits per heavy atom. The molecule has 0 spiro atoms. The van der Waals surface area contributed by atoms with Crippen molar-refractivity contribution in [1.82, 2.24) is 10.4 Å². The predicted octanol–water partition coefficient (Wildman–Crippen LogP) is 3.13. The van der Waals surface area contributed by atoms with Crippen LogP contribution in [0.2, 0.25) is 0 Å². The topological polar surface area (TPSA) is 88.1 Å². The van der Waals surface area contributed by atoms with Crippen molar-refractivity contribution in [1.29, 1.82) is 0 Å². The summed E-state index contributed by atoms with van der Waals surface area (Å²) in [4.78, 5) is 28.0. The molecule has 1 aliphatic heterocycles. The minimum atomic E-state index is -0.878. The zero-order valence-electron chi connectivity index (χ0n) is 17.8. The molecule has 0 unspecified atom stereocenters. The number of hydrogen-bond acceptors (Lipinski definition) is 5. The molecule has 1 heterocycles. The molecule has 1 aliphatic rings. The lowest BCUT2D eigenvalue weighted by molar-refractivity contribution is -0.144. The first-order valence-corrected chi connectivity index (χ1v) is 10.6. The van der Waals surface area contributed by atoms with Crippen LogP contribution in [-0.4, -0.2) is 48.7 Å². The fraction of sp³-hybridized carbons (Fsp3) is 0.417. The van der Waals surface area contributed by atoms with E-state index in [0.717, 1.165) is 24.8 Å². The summed E-state index contributed by atoms with van der Waals surface area (Å²) in [6.45, 7) is 1.65. The highest BCUT2D eigenvalue weighted by Gasteiger charge is 2.38. The molecule has 7 heteroatoms. The predicted molar refractivity (Wildman–Crippen MR) is 116 cm³/mol. The van der Waals surface area contributed by atoms with Crippen LogP contribution in [0.5, 0.6) is 5.75 Å². The second-order valence-corrected chi connectivity index (χ2v) is 7.72. The molecule has 0 aromatic heterocycles. The molecule has 1 saturated heterocycles. The number of methoxy groups -OCH3 is 1. The molecule has 7 nitrogen and oxygen atoms in total. The van der Waals surface area contributed by atoms with Crippen LogP contribution in [0.1, 0.15) is 36.3 Å². The van der Waals surface area contributed by atoms with Gasteiger partial charge in [0.2, 0.25) is 11.8 Å². The van der Waals surface area contributed by atoms with Gasteiger partial charge < -0.3 is 14.4 Å². The van der Waals surface area contributed by atoms with Crippen LogP contribution < -0.4 is 10.2 Å². The Balaban J connectivity index is 1.85. The first-order valence-electron chi connectivity index (χ1n) is 10.6. The van der Waals surface area contributed by atoms with Crippen molar-refractivity contribution in [3.63, 3.8) is 0 Å². The molecule has 0 bridgehead atoms. The van der Waals surface area contributed by atoms with E-state index in [9.17, 15) is 14.8 Å². The number of benzene rings is 2. The Morgan fingerprint density at radius 1 is 1.03 bits per heavy atom. The molecule has 2 amide bonds. The van der Waals surface area contributed by atoms with E-state index in [1.54, 1.807) is 36.9 Å². The Morgan fingerprint density at radius 3 is 2.32 bits per heavy atom. The lowest BCUT2D eigenvalue weighted by atomic mass is 9.84. The highest BCUT2D eigenvalue weighted by Crippen LogP contribution is 2.31. The zero-order valence-corrected chi connectivity index (χ0v) is 17.8. The van der Waals surface area contributed by atoms with Gasteiger partial charge in [-0.15, -0.1) is 0 Å². The summed E-state index contributed by atoms with van der Waals surface area (Å²) in [5.74, 6) is -1.75. The third-order valence-corrected chi connectivity index (χ3v) is 5.67. The van der Waals surface area contributed by atoms with E-state index in [2.05, 4.69) is 0 Å². The first kappa shape index (κ1) is 22.8. The number of amides is 2. The van der Waals surface area contributed by atoms with Gasteiger partial charge in [0, 0.05) is 13.1 Å². The van der Waals surface area contributed by atoms with Gasteiger partial charge in [0.1, 0.15) is 5.75 Å². The number of piperidine rings is 1. The third kappa shape index (κ3) is 6.06. The smallest absolute Gasteiger partial charge is 0.249 e. The molecule has 2 N–H and O–H groups in total. The van der Waals surface area contributed by atoms with Crippen molar-refractivity contribution in [2.24, 2.45) is 5.92 Å². The van der Waals surface area contributed by atoms with Gasteiger partial charge in [0.05, 0.1) is 32.2 Å². The van der Waals surface area contributed by atoms with Crippen LogP contribution in [0.3, 0.4) is 0 Å². The van der Waals surface area contributed by atoms with Crippen molar-refractivity contribution in [3.05, 3.63) is 65.7 Å². The number of carbonyl (C=O) groups is 2. The number of nitrogens with zero attached hydrogens (tertiary/aromatic N) is 1. The second-order valence-electron chi connectivity index (χ2n) is 7.72. The fourth-order valence-corrected chi connectivity index (χ4v) is 3.95. The van der Waals surface area contributed by atoms with E-state index >= 15 is 0 Å². The number of ether oxygens (including phenoxy) is 2. The Hall–Kier alpha value is -2.90. The molecule has 0 saturated carbocycles. The number of rotatable bonds is 9. The normalized spacial score (nSPS) is 15.7. The van der Waals surface area contributed by atoms with E-state index in [1.807, 2.05) is 35.2 Å². The van der Waals surface area contributed by atoms with Gasteiger partial charge in [0.25, 0.3) is 0 Å². The van der Waals surface area contributed by atoms with Gasteiger partial charge in [-0.1, -0.05) is 42.5 Å². The summed E-state index contributed by atoms with van der Waals surface area (Å²) in [6, 6.07) is 16.7. The fourth-order valence-electron chi connectivity index (χ4n) is 3.95. The highest BCUT2D eigenvalue weighted by atomic mass is 16.5. The average molecular weight is 427 g/mol. The monoisotopic (exact) mass is 426 g/mol. The van der Waals surface area contributed by atoms with Crippen molar-refractivity contribution in [3.8, 4) is 5.75 Å². The minimum Gasteiger partial charge on any atom is -0.497 e. The minimum absolute atomic E-state index is 0.00242. The van der Waals surface area contributed by atoms with Crippen molar-refractivity contribution in [2.75, 3.05) is 26.8 Å². The van der Waals surface area contributed by atoms with Crippen LogP contribution in [0, 0.1) is 5.92 Å². The van der Waals surface area contributed by atoms with E-state index in [0.29, 0.717) is 31.0 Å². The molecule has 2 aromatic carbocycles. The third-order valence-electron chi connectivity index (χ3n) is 5.67. The summed E-state index contributed by atoms with van der Waals surface area (Å²) in [7, 11) is 1.57. The van der Waals surface area contributed by atoms with Crippen molar-refractivity contribution >= 4 is 11.8 Å². The molecule has 2 atom stereocenters. The van der Waals surface area contributed by atoms with E-state index in [1.165, 1.54) is 0 Å². The number of hydrogen-bond donors (Lipinski definition) is 2.